The molecule has 0 fully saturated rings. The van der Waals surface area contributed by atoms with Gasteiger partial charge in [0.15, 0.2) is 5.76 Å². The van der Waals surface area contributed by atoms with Gasteiger partial charge in [-0.2, -0.15) is 0 Å². The van der Waals surface area contributed by atoms with E-state index in [0.717, 1.165) is 5.69 Å². The smallest absolute Gasteiger partial charge is 0.289 e. The summed E-state index contributed by atoms with van der Waals surface area (Å²) in [6.07, 6.45) is 0.116. The maximum atomic E-state index is 11.7. The minimum Gasteiger partial charge on any atom is -0.454 e. The topological polar surface area (TPSA) is 88.6 Å². The van der Waals surface area contributed by atoms with Gasteiger partial charge in [0.25, 0.3) is 5.91 Å². The van der Waals surface area contributed by atoms with Gasteiger partial charge >= 0.3 is 0 Å². The number of amides is 2. The molecule has 0 atom stereocenters. The van der Waals surface area contributed by atoms with Gasteiger partial charge in [-0.3, -0.25) is 9.59 Å². The second kappa shape index (κ2) is 6.25. The molecule has 0 aliphatic heterocycles. The summed E-state index contributed by atoms with van der Waals surface area (Å²) in [4.78, 5) is 24.8. The van der Waals surface area contributed by atoms with Gasteiger partial charge in [0.1, 0.15) is 11.5 Å². The summed E-state index contributed by atoms with van der Waals surface area (Å²) in [5.74, 6) is 0.845. The lowest BCUT2D eigenvalue weighted by atomic mass is 10.3. The molecule has 7 nitrogen and oxygen atoms in total. The van der Waals surface area contributed by atoms with E-state index in [-0.39, 0.29) is 30.5 Å². The van der Waals surface area contributed by atoms with Crippen molar-refractivity contribution < 1.29 is 18.5 Å². The van der Waals surface area contributed by atoms with Crippen molar-refractivity contribution in [1.29, 1.82) is 0 Å². The molecule has 0 aromatic carbocycles. The zero-order chi connectivity index (χ0) is 15.4. The van der Waals surface area contributed by atoms with Crippen molar-refractivity contribution in [2.24, 2.45) is 0 Å². The van der Waals surface area contributed by atoms with Crippen LogP contribution in [0.4, 0.5) is 0 Å². The number of aromatic nitrogens is 1. The van der Waals surface area contributed by atoms with Gasteiger partial charge in [0.2, 0.25) is 5.91 Å². The summed E-state index contributed by atoms with van der Waals surface area (Å²) in [6.45, 7) is 2.00. The predicted molar refractivity (Wildman–Crippen MR) is 73.5 cm³/mol. The van der Waals surface area contributed by atoms with Crippen LogP contribution in [0.3, 0.4) is 0 Å². The number of carbonyl (C=O) groups is 2. The number of carbonyl (C=O) groups excluding carboxylic acids is 2. The third-order valence-corrected chi connectivity index (χ3v) is 2.75. The molecule has 0 saturated heterocycles. The molecule has 2 aromatic heterocycles. The van der Waals surface area contributed by atoms with Crippen molar-refractivity contribution in [2.75, 3.05) is 14.1 Å². The Hall–Kier alpha value is -2.57. The van der Waals surface area contributed by atoms with Crippen LogP contribution in [-0.4, -0.2) is 36.0 Å². The summed E-state index contributed by atoms with van der Waals surface area (Å²) in [5.41, 5.74) is 0.732. The Morgan fingerprint density at radius 3 is 2.67 bits per heavy atom. The van der Waals surface area contributed by atoms with Crippen LogP contribution >= 0.6 is 0 Å². The Bertz CT molecular complexity index is 642. The minimum atomic E-state index is -0.218. The monoisotopic (exact) mass is 291 g/mol. The summed E-state index contributed by atoms with van der Waals surface area (Å²) in [7, 11) is 3.29. The molecule has 2 amide bonds. The van der Waals surface area contributed by atoms with E-state index in [9.17, 15) is 9.59 Å². The van der Waals surface area contributed by atoms with E-state index in [1.807, 2.05) is 0 Å². The molecule has 2 rings (SSSR count). The van der Waals surface area contributed by atoms with Crippen LogP contribution in [-0.2, 0) is 17.8 Å². The summed E-state index contributed by atoms with van der Waals surface area (Å²) in [6, 6.07) is 4.96. The largest absolute Gasteiger partial charge is 0.454 e. The Balaban J connectivity index is 1.85. The molecule has 0 unspecified atom stereocenters. The van der Waals surface area contributed by atoms with E-state index < -0.39 is 0 Å². The van der Waals surface area contributed by atoms with Crippen LogP contribution in [0.15, 0.2) is 27.1 Å². The van der Waals surface area contributed by atoms with Gasteiger partial charge < -0.3 is 19.2 Å². The van der Waals surface area contributed by atoms with E-state index in [4.69, 9.17) is 8.94 Å². The van der Waals surface area contributed by atoms with E-state index in [1.54, 1.807) is 39.2 Å². The van der Waals surface area contributed by atoms with Gasteiger partial charge in [-0.05, 0) is 19.1 Å². The van der Waals surface area contributed by atoms with Crippen LogP contribution in [0.1, 0.15) is 27.8 Å². The highest BCUT2D eigenvalue weighted by Gasteiger charge is 2.14. The Kier molecular flexibility index (Phi) is 4.42. The first-order valence-electron chi connectivity index (χ1n) is 6.45. The van der Waals surface area contributed by atoms with Gasteiger partial charge in [0, 0.05) is 20.2 Å². The lowest BCUT2D eigenvalue weighted by molar-refractivity contribution is -0.121. The number of rotatable bonds is 5. The molecule has 21 heavy (non-hydrogen) atoms. The van der Waals surface area contributed by atoms with Crippen LogP contribution in [0.25, 0.3) is 0 Å². The highest BCUT2D eigenvalue weighted by molar-refractivity contribution is 5.91. The van der Waals surface area contributed by atoms with Crippen molar-refractivity contribution >= 4 is 11.8 Å². The van der Waals surface area contributed by atoms with Crippen molar-refractivity contribution in [3.63, 3.8) is 0 Å². The highest BCUT2D eigenvalue weighted by Crippen LogP contribution is 2.09. The number of aryl methyl sites for hydroxylation is 1. The molecule has 7 heteroatoms. The predicted octanol–water partition coefficient (Wildman–Crippen LogP) is 1.14. The van der Waals surface area contributed by atoms with E-state index in [1.165, 1.54) is 4.90 Å². The minimum absolute atomic E-state index is 0.116. The van der Waals surface area contributed by atoms with Gasteiger partial charge in [-0.25, -0.2) is 0 Å². The summed E-state index contributed by atoms with van der Waals surface area (Å²) >= 11 is 0. The SMILES string of the molecule is Cc1cc(CC(=O)NCc2ccc(C(=O)N(C)C)o2)on1. The van der Waals surface area contributed by atoms with E-state index in [0.29, 0.717) is 11.5 Å². The molecule has 2 aromatic rings. The molecule has 2 heterocycles. The first-order chi connectivity index (χ1) is 9.95. The molecule has 0 radical (unpaired) electrons. The molecule has 1 N–H and O–H groups in total. The van der Waals surface area contributed by atoms with Crippen LogP contribution < -0.4 is 5.32 Å². The molecular formula is C14H17N3O4. The fraction of sp³-hybridized carbons (Fsp3) is 0.357. The first kappa shape index (κ1) is 14.8. The van der Waals surface area contributed by atoms with Crippen molar-refractivity contribution in [3.05, 3.63) is 41.2 Å². The van der Waals surface area contributed by atoms with Crippen LogP contribution in [0.5, 0.6) is 0 Å². The third-order valence-electron chi connectivity index (χ3n) is 2.75. The summed E-state index contributed by atoms with van der Waals surface area (Å²) in [5, 5.41) is 6.40. The third kappa shape index (κ3) is 3.95. The molecule has 0 spiro atoms. The van der Waals surface area contributed by atoms with Gasteiger partial charge in [0.05, 0.1) is 18.7 Å². The Morgan fingerprint density at radius 2 is 2.05 bits per heavy atom. The fourth-order valence-corrected chi connectivity index (χ4v) is 1.71. The number of furan rings is 1. The average molecular weight is 291 g/mol. The number of nitrogens with zero attached hydrogens (tertiary/aromatic N) is 2. The molecular weight excluding hydrogens is 274 g/mol. The second-order valence-corrected chi connectivity index (χ2v) is 4.85. The molecule has 0 bridgehead atoms. The molecule has 0 aliphatic rings. The van der Waals surface area contributed by atoms with E-state index in [2.05, 4.69) is 10.5 Å². The molecule has 0 aliphatic carbocycles. The normalized spacial score (nSPS) is 10.4. The van der Waals surface area contributed by atoms with Gasteiger partial charge in [-0.1, -0.05) is 5.16 Å². The fourth-order valence-electron chi connectivity index (χ4n) is 1.71. The zero-order valence-corrected chi connectivity index (χ0v) is 12.2. The van der Waals surface area contributed by atoms with Crippen molar-refractivity contribution in [3.8, 4) is 0 Å². The lowest BCUT2D eigenvalue weighted by Gasteiger charge is -2.06. The molecule has 0 saturated carbocycles. The average Bonchev–Trinajstić information content (AvgIpc) is 3.04. The Morgan fingerprint density at radius 1 is 1.29 bits per heavy atom. The van der Waals surface area contributed by atoms with Crippen molar-refractivity contribution in [1.82, 2.24) is 15.4 Å². The van der Waals surface area contributed by atoms with Crippen LogP contribution in [0, 0.1) is 6.92 Å². The van der Waals surface area contributed by atoms with Crippen molar-refractivity contribution in [2.45, 2.75) is 19.9 Å². The first-order valence-corrected chi connectivity index (χ1v) is 6.45. The number of hydrogen-bond donors (Lipinski definition) is 1. The standard InChI is InChI=1S/C14H17N3O4/c1-9-6-11(21-16-9)7-13(18)15-8-10-4-5-12(20-10)14(19)17(2)3/h4-6H,7-8H2,1-3H3,(H,15,18). The van der Waals surface area contributed by atoms with E-state index >= 15 is 0 Å². The lowest BCUT2D eigenvalue weighted by Crippen LogP contribution is -2.24. The van der Waals surface area contributed by atoms with Crippen LogP contribution in [0.2, 0.25) is 0 Å². The number of hydrogen-bond acceptors (Lipinski definition) is 5. The quantitative estimate of drug-likeness (QED) is 0.892. The number of nitrogens with one attached hydrogen (secondary N) is 1. The maximum Gasteiger partial charge on any atom is 0.289 e. The second-order valence-electron chi connectivity index (χ2n) is 4.85. The molecule has 112 valence electrons. The zero-order valence-electron chi connectivity index (χ0n) is 12.2. The summed E-state index contributed by atoms with van der Waals surface area (Å²) < 4.78 is 10.3. The highest BCUT2D eigenvalue weighted by atomic mass is 16.5. The van der Waals surface area contributed by atoms with Gasteiger partial charge in [-0.15, -0.1) is 0 Å². The Labute approximate surface area is 121 Å². The maximum absolute atomic E-state index is 11.7.